The molecule has 0 saturated heterocycles. The van der Waals surface area contributed by atoms with Crippen LogP contribution in [0.25, 0.3) is 0 Å². The predicted octanol–water partition coefficient (Wildman–Crippen LogP) is 7.42. The number of aliphatic imine (C=N–C) groups is 2. The average Bonchev–Trinajstić information content (AvgIpc) is 2.62. The molecule has 0 fully saturated rings. The Bertz CT molecular complexity index is 908. The Morgan fingerprint density at radius 2 is 1.34 bits per heavy atom. The molecule has 4 heteroatoms. The van der Waals surface area contributed by atoms with Gasteiger partial charge in [0.05, 0.1) is 22.8 Å². The number of hydrogen-bond acceptors (Lipinski definition) is 3. The van der Waals surface area contributed by atoms with Crippen molar-refractivity contribution in [1.29, 1.82) is 0 Å². The van der Waals surface area contributed by atoms with E-state index in [-0.39, 0.29) is 0 Å². The van der Waals surface area contributed by atoms with Gasteiger partial charge in [0.15, 0.2) is 8.32 Å². The lowest BCUT2D eigenvalue weighted by Crippen LogP contribution is -2.26. The number of hydrogen-bond donors (Lipinski definition) is 0. The highest BCUT2D eigenvalue weighted by Crippen LogP contribution is 2.23. The minimum atomic E-state index is -1.49. The molecule has 0 aliphatic heterocycles. The molecule has 3 nitrogen and oxygen atoms in total. The van der Waals surface area contributed by atoms with Crippen molar-refractivity contribution in [2.24, 2.45) is 9.98 Å². The number of benzene rings is 2. The van der Waals surface area contributed by atoms with Crippen LogP contribution in [0.1, 0.15) is 42.0 Å². The lowest BCUT2D eigenvalue weighted by atomic mass is 10.1. The van der Waals surface area contributed by atoms with Crippen LogP contribution >= 0.6 is 0 Å². The van der Waals surface area contributed by atoms with E-state index in [2.05, 4.69) is 90.7 Å². The van der Waals surface area contributed by atoms with Crippen molar-refractivity contribution in [3.63, 3.8) is 0 Å². The first-order valence-electron chi connectivity index (χ1n) is 10.5. The maximum Gasteiger partial charge on any atom is 0.183 e. The molecule has 0 aliphatic rings. The van der Waals surface area contributed by atoms with E-state index in [0.29, 0.717) is 0 Å². The first-order valence-corrected chi connectivity index (χ1v) is 13.9. The van der Waals surface area contributed by atoms with Crippen LogP contribution in [0.2, 0.25) is 19.6 Å². The van der Waals surface area contributed by atoms with Crippen LogP contribution in [0.3, 0.4) is 0 Å². The summed E-state index contributed by atoms with van der Waals surface area (Å²) in [5, 5.41) is 0. The van der Waals surface area contributed by atoms with Gasteiger partial charge in [-0.3, -0.25) is 9.98 Å². The number of nitrogens with zero attached hydrogens (tertiary/aromatic N) is 2. The molecule has 0 atom stereocenters. The first-order chi connectivity index (χ1) is 13.5. The van der Waals surface area contributed by atoms with E-state index in [0.717, 1.165) is 42.2 Å². The minimum Gasteiger partial charge on any atom is -0.418 e. The van der Waals surface area contributed by atoms with Gasteiger partial charge in [0.25, 0.3) is 0 Å². The summed E-state index contributed by atoms with van der Waals surface area (Å²) in [6.07, 6.45) is 1.81. The number of rotatable bonds is 8. The molecule has 0 radical (unpaired) electrons. The molecule has 0 aromatic heterocycles. The standard InChI is InChI=1S/C25H36N2OSi/c1-18-11-13-20(3)24(16-18)26-22(5)23(10-9-15-28-29(6,7)8)27-25-17-19(2)12-14-21(25)4/h11-14,16-17H,9-10,15H2,1-8H3. The zero-order valence-corrected chi connectivity index (χ0v) is 20.4. The predicted molar refractivity (Wildman–Crippen MR) is 130 cm³/mol. The van der Waals surface area contributed by atoms with Crippen LogP contribution in [-0.2, 0) is 4.43 Å². The SMILES string of the molecule is CC(=Nc1cc(C)ccc1C)C(CCCO[Si](C)(C)C)=Nc1cc(C)ccc1C. The Kier molecular flexibility index (Phi) is 8.11. The van der Waals surface area contributed by atoms with Gasteiger partial charge >= 0.3 is 0 Å². The molecule has 0 saturated carbocycles. The summed E-state index contributed by atoms with van der Waals surface area (Å²) in [4.78, 5) is 9.99. The van der Waals surface area contributed by atoms with Crippen LogP contribution in [0.15, 0.2) is 46.4 Å². The molecule has 0 unspecified atom stereocenters. The van der Waals surface area contributed by atoms with Gasteiger partial charge in [-0.25, -0.2) is 0 Å². The van der Waals surface area contributed by atoms with Crippen molar-refractivity contribution in [1.82, 2.24) is 0 Å². The maximum atomic E-state index is 6.05. The molecular weight excluding hydrogens is 372 g/mol. The Balaban J connectivity index is 2.35. The van der Waals surface area contributed by atoms with Crippen LogP contribution in [0.4, 0.5) is 11.4 Å². The topological polar surface area (TPSA) is 34.0 Å². The van der Waals surface area contributed by atoms with E-state index in [1.807, 2.05) is 0 Å². The summed E-state index contributed by atoms with van der Waals surface area (Å²) in [6.45, 7) is 18.0. The van der Waals surface area contributed by atoms with Gasteiger partial charge in [0, 0.05) is 6.61 Å². The van der Waals surface area contributed by atoms with Crippen molar-refractivity contribution < 1.29 is 4.43 Å². The molecule has 2 aromatic rings. The zero-order valence-electron chi connectivity index (χ0n) is 19.4. The normalized spacial score (nSPS) is 13.1. The highest BCUT2D eigenvalue weighted by Gasteiger charge is 2.14. The molecule has 2 rings (SSSR count). The molecule has 0 spiro atoms. The van der Waals surface area contributed by atoms with E-state index in [1.54, 1.807) is 0 Å². The zero-order chi connectivity index (χ0) is 21.6. The van der Waals surface area contributed by atoms with Crippen molar-refractivity contribution in [2.75, 3.05) is 6.61 Å². The molecule has 0 heterocycles. The van der Waals surface area contributed by atoms with Crippen molar-refractivity contribution in [3.05, 3.63) is 58.7 Å². The van der Waals surface area contributed by atoms with E-state index in [1.165, 1.54) is 22.3 Å². The van der Waals surface area contributed by atoms with E-state index in [9.17, 15) is 0 Å². The highest BCUT2D eigenvalue weighted by molar-refractivity contribution is 6.69. The maximum absolute atomic E-state index is 6.05. The van der Waals surface area contributed by atoms with Crippen molar-refractivity contribution in [3.8, 4) is 0 Å². The summed E-state index contributed by atoms with van der Waals surface area (Å²) in [6, 6.07) is 12.8. The summed E-state index contributed by atoms with van der Waals surface area (Å²) in [5.41, 5.74) is 8.88. The molecule has 0 N–H and O–H groups in total. The van der Waals surface area contributed by atoms with Crippen LogP contribution < -0.4 is 0 Å². The van der Waals surface area contributed by atoms with Crippen molar-refractivity contribution in [2.45, 2.75) is 67.1 Å². The summed E-state index contributed by atoms with van der Waals surface area (Å²) in [5.74, 6) is 0. The Hall–Kier alpha value is -2.04. The Morgan fingerprint density at radius 1 is 0.828 bits per heavy atom. The van der Waals surface area contributed by atoms with E-state index < -0.39 is 8.32 Å². The molecular formula is C25H36N2OSi. The molecule has 29 heavy (non-hydrogen) atoms. The van der Waals surface area contributed by atoms with E-state index >= 15 is 0 Å². The fourth-order valence-corrected chi connectivity index (χ4v) is 3.76. The first kappa shape index (κ1) is 23.2. The second-order valence-corrected chi connectivity index (χ2v) is 13.4. The third-order valence-corrected chi connectivity index (χ3v) is 5.85. The van der Waals surface area contributed by atoms with Crippen LogP contribution in [-0.4, -0.2) is 26.3 Å². The molecule has 2 aromatic carbocycles. The fraction of sp³-hybridized carbons (Fsp3) is 0.440. The molecule has 156 valence electrons. The largest absolute Gasteiger partial charge is 0.418 e. The smallest absolute Gasteiger partial charge is 0.183 e. The van der Waals surface area contributed by atoms with Gasteiger partial charge in [0.2, 0.25) is 0 Å². The van der Waals surface area contributed by atoms with Gasteiger partial charge in [-0.2, -0.15) is 0 Å². The molecule has 0 aliphatic carbocycles. The van der Waals surface area contributed by atoms with Gasteiger partial charge in [0.1, 0.15) is 0 Å². The van der Waals surface area contributed by atoms with Crippen molar-refractivity contribution >= 4 is 31.1 Å². The van der Waals surface area contributed by atoms with Gasteiger partial charge in [-0.1, -0.05) is 24.3 Å². The highest BCUT2D eigenvalue weighted by atomic mass is 28.4. The second-order valence-electron chi connectivity index (χ2n) is 8.90. The lowest BCUT2D eigenvalue weighted by molar-refractivity contribution is 0.307. The molecule has 0 amide bonds. The van der Waals surface area contributed by atoms with Gasteiger partial charge in [-0.15, -0.1) is 0 Å². The quantitative estimate of drug-likeness (QED) is 0.254. The third kappa shape index (κ3) is 7.71. The second kappa shape index (κ2) is 10.1. The lowest BCUT2D eigenvalue weighted by Gasteiger charge is -2.17. The van der Waals surface area contributed by atoms with Gasteiger partial charge in [-0.05, 0) is 101 Å². The minimum absolute atomic E-state index is 0.776. The summed E-state index contributed by atoms with van der Waals surface area (Å²) < 4.78 is 6.05. The Labute approximate surface area is 178 Å². The summed E-state index contributed by atoms with van der Waals surface area (Å²) in [7, 11) is -1.49. The average molecular weight is 409 g/mol. The number of aryl methyl sites for hydroxylation is 4. The molecule has 0 bridgehead atoms. The monoisotopic (exact) mass is 408 g/mol. The summed E-state index contributed by atoms with van der Waals surface area (Å²) >= 11 is 0. The van der Waals surface area contributed by atoms with Gasteiger partial charge < -0.3 is 4.43 Å². The van der Waals surface area contributed by atoms with Crippen LogP contribution in [0, 0.1) is 27.7 Å². The third-order valence-electron chi connectivity index (χ3n) is 4.78. The van der Waals surface area contributed by atoms with Crippen LogP contribution in [0.5, 0.6) is 0 Å². The van der Waals surface area contributed by atoms with E-state index in [4.69, 9.17) is 14.4 Å². The Morgan fingerprint density at radius 3 is 1.86 bits per heavy atom. The fourth-order valence-electron chi connectivity index (χ4n) is 3.01.